The van der Waals surface area contributed by atoms with E-state index in [9.17, 15) is 4.79 Å². The maximum Gasteiger partial charge on any atom is 0.321 e. The normalized spacial score (nSPS) is 13.7. The molecule has 3 aromatic rings. The molecule has 0 bridgehead atoms. The number of hydrogen-bond donors (Lipinski definition) is 1. The third kappa shape index (κ3) is 7.65. The molecular formula is C30H41N5O4. The van der Waals surface area contributed by atoms with E-state index in [0.717, 1.165) is 41.0 Å². The molecule has 1 N–H and O–H groups in total. The maximum atomic E-state index is 12.9. The SMILES string of the molecule is COc1cc2c(N3CCN(C(=O)Nc4ccc(OC(C)C)cc4)CC3)ncnc2cc1OCCCCC(C)C. The Morgan fingerprint density at radius 3 is 2.38 bits per heavy atom. The molecular weight excluding hydrogens is 494 g/mol. The van der Waals surface area contributed by atoms with Gasteiger partial charge >= 0.3 is 6.03 Å². The highest BCUT2D eigenvalue weighted by Gasteiger charge is 2.24. The Balaban J connectivity index is 1.37. The lowest BCUT2D eigenvalue weighted by Crippen LogP contribution is -2.50. The average molecular weight is 536 g/mol. The molecule has 0 unspecified atom stereocenters. The summed E-state index contributed by atoms with van der Waals surface area (Å²) in [5.74, 6) is 3.69. The zero-order valence-corrected chi connectivity index (χ0v) is 23.8. The molecule has 0 spiro atoms. The summed E-state index contributed by atoms with van der Waals surface area (Å²) < 4.78 is 17.4. The number of urea groups is 1. The number of amides is 2. The van der Waals surface area contributed by atoms with E-state index in [0.29, 0.717) is 50.2 Å². The summed E-state index contributed by atoms with van der Waals surface area (Å²) in [6.07, 6.45) is 5.04. The van der Waals surface area contributed by atoms with Gasteiger partial charge in [-0.2, -0.15) is 0 Å². The van der Waals surface area contributed by atoms with Gasteiger partial charge in [-0.25, -0.2) is 14.8 Å². The van der Waals surface area contributed by atoms with Gasteiger partial charge in [-0.15, -0.1) is 0 Å². The first kappa shape index (κ1) is 28.3. The highest BCUT2D eigenvalue weighted by atomic mass is 16.5. The second-order valence-electron chi connectivity index (χ2n) is 10.6. The van der Waals surface area contributed by atoms with Crippen LogP contribution >= 0.6 is 0 Å². The molecule has 210 valence electrons. The molecule has 9 heteroatoms. The van der Waals surface area contributed by atoms with Gasteiger partial charge in [-0.3, -0.25) is 0 Å². The van der Waals surface area contributed by atoms with Crippen LogP contribution < -0.4 is 24.4 Å². The summed E-state index contributed by atoms with van der Waals surface area (Å²) in [5, 5.41) is 3.89. The number of benzene rings is 2. The molecule has 1 saturated heterocycles. The molecule has 2 heterocycles. The van der Waals surface area contributed by atoms with E-state index in [2.05, 4.69) is 34.0 Å². The van der Waals surface area contributed by atoms with E-state index in [4.69, 9.17) is 14.2 Å². The highest BCUT2D eigenvalue weighted by molar-refractivity contribution is 5.92. The molecule has 2 amide bonds. The zero-order valence-electron chi connectivity index (χ0n) is 23.8. The largest absolute Gasteiger partial charge is 0.493 e. The van der Waals surface area contributed by atoms with Crippen LogP contribution in [0, 0.1) is 5.92 Å². The Morgan fingerprint density at radius 2 is 1.72 bits per heavy atom. The number of carbonyl (C=O) groups excluding carboxylic acids is 1. The van der Waals surface area contributed by atoms with Gasteiger partial charge in [0.1, 0.15) is 17.9 Å². The van der Waals surface area contributed by atoms with Crippen molar-refractivity contribution in [1.82, 2.24) is 14.9 Å². The minimum Gasteiger partial charge on any atom is -0.493 e. The third-order valence-electron chi connectivity index (χ3n) is 6.68. The van der Waals surface area contributed by atoms with Crippen molar-refractivity contribution in [3.63, 3.8) is 0 Å². The number of unbranched alkanes of at least 4 members (excludes halogenated alkanes) is 1. The summed E-state index contributed by atoms with van der Waals surface area (Å²) in [6, 6.07) is 11.2. The molecule has 1 fully saturated rings. The first-order chi connectivity index (χ1) is 18.8. The van der Waals surface area contributed by atoms with E-state index in [1.807, 2.05) is 55.1 Å². The third-order valence-corrected chi connectivity index (χ3v) is 6.68. The lowest BCUT2D eigenvalue weighted by atomic mass is 10.1. The zero-order chi connectivity index (χ0) is 27.8. The fourth-order valence-electron chi connectivity index (χ4n) is 4.62. The highest BCUT2D eigenvalue weighted by Crippen LogP contribution is 2.35. The van der Waals surface area contributed by atoms with Gasteiger partial charge in [0.15, 0.2) is 11.5 Å². The minimum atomic E-state index is -0.114. The van der Waals surface area contributed by atoms with Crippen molar-refractivity contribution in [2.24, 2.45) is 5.92 Å². The van der Waals surface area contributed by atoms with Gasteiger partial charge < -0.3 is 29.3 Å². The van der Waals surface area contributed by atoms with E-state index >= 15 is 0 Å². The molecule has 0 atom stereocenters. The number of nitrogens with zero attached hydrogens (tertiary/aromatic N) is 4. The number of aromatic nitrogens is 2. The van der Waals surface area contributed by atoms with Crippen LogP contribution in [0.5, 0.6) is 17.2 Å². The second kappa shape index (κ2) is 13.4. The van der Waals surface area contributed by atoms with Crippen LogP contribution in [0.1, 0.15) is 47.0 Å². The Morgan fingerprint density at radius 1 is 0.974 bits per heavy atom. The number of piperazine rings is 1. The van der Waals surface area contributed by atoms with Crippen molar-refractivity contribution >= 4 is 28.4 Å². The van der Waals surface area contributed by atoms with Crippen LogP contribution in [0.15, 0.2) is 42.7 Å². The van der Waals surface area contributed by atoms with Crippen LogP contribution in [-0.4, -0.2) is 66.9 Å². The van der Waals surface area contributed by atoms with Crippen molar-refractivity contribution < 1.29 is 19.0 Å². The topological polar surface area (TPSA) is 89.1 Å². The molecule has 9 nitrogen and oxygen atoms in total. The van der Waals surface area contributed by atoms with Crippen LogP contribution in [0.25, 0.3) is 10.9 Å². The monoisotopic (exact) mass is 535 g/mol. The minimum absolute atomic E-state index is 0.106. The predicted molar refractivity (Wildman–Crippen MR) is 155 cm³/mol. The lowest BCUT2D eigenvalue weighted by molar-refractivity contribution is 0.208. The molecule has 0 radical (unpaired) electrons. The lowest BCUT2D eigenvalue weighted by Gasteiger charge is -2.35. The summed E-state index contributed by atoms with van der Waals surface area (Å²) >= 11 is 0. The number of anilines is 2. The molecule has 1 aromatic heterocycles. The number of methoxy groups -OCH3 is 1. The van der Waals surface area contributed by atoms with E-state index in [-0.39, 0.29) is 12.1 Å². The van der Waals surface area contributed by atoms with Gasteiger partial charge in [0.2, 0.25) is 0 Å². The predicted octanol–water partition coefficient (Wildman–Crippen LogP) is 5.98. The molecule has 0 saturated carbocycles. The smallest absolute Gasteiger partial charge is 0.321 e. The molecule has 4 rings (SSSR count). The van der Waals surface area contributed by atoms with Crippen molar-refractivity contribution in [2.75, 3.05) is 50.1 Å². The molecule has 0 aliphatic carbocycles. The van der Waals surface area contributed by atoms with Gasteiger partial charge in [-0.05, 0) is 62.9 Å². The van der Waals surface area contributed by atoms with Crippen molar-refractivity contribution in [3.8, 4) is 17.2 Å². The standard InChI is InChI=1S/C30H41N5O4/c1-21(2)8-6-7-17-38-28-19-26-25(18-27(28)37-5)29(32-20-31-26)34-13-15-35(16-14-34)30(36)33-23-9-11-24(12-10-23)39-22(3)4/h9-12,18-22H,6-8,13-17H2,1-5H3,(H,33,36). The van der Waals surface area contributed by atoms with E-state index < -0.39 is 0 Å². The fraction of sp³-hybridized carbons (Fsp3) is 0.500. The van der Waals surface area contributed by atoms with Crippen molar-refractivity contribution in [2.45, 2.75) is 53.1 Å². The first-order valence-corrected chi connectivity index (χ1v) is 13.9. The molecule has 39 heavy (non-hydrogen) atoms. The van der Waals surface area contributed by atoms with Crippen molar-refractivity contribution in [1.29, 1.82) is 0 Å². The van der Waals surface area contributed by atoms with E-state index in [1.165, 1.54) is 6.42 Å². The number of ether oxygens (including phenoxy) is 3. The van der Waals surface area contributed by atoms with Crippen LogP contribution in [0.2, 0.25) is 0 Å². The molecule has 1 aliphatic rings. The fourth-order valence-corrected chi connectivity index (χ4v) is 4.62. The maximum absolute atomic E-state index is 12.9. The van der Waals surface area contributed by atoms with Gasteiger partial charge in [-0.1, -0.05) is 20.3 Å². The Labute approximate surface area is 231 Å². The van der Waals surface area contributed by atoms with Crippen LogP contribution in [0.4, 0.5) is 16.3 Å². The number of nitrogens with one attached hydrogen (secondary N) is 1. The van der Waals surface area contributed by atoms with Gasteiger partial charge in [0, 0.05) is 43.3 Å². The number of fused-ring (bicyclic) bond motifs is 1. The summed E-state index contributed by atoms with van der Waals surface area (Å²) in [4.78, 5) is 26.0. The Bertz CT molecular complexity index is 1220. The quantitative estimate of drug-likeness (QED) is 0.302. The van der Waals surface area contributed by atoms with Crippen LogP contribution in [0.3, 0.4) is 0 Å². The molecule has 2 aromatic carbocycles. The van der Waals surface area contributed by atoms with Gasteiger partial charge in [0.25, 0.3) is 0 Å². The second-order valence-corrected chi connectivity index (χ2v) is 10.6. The summed E-state index contributed by atoms with van der Waals surface area (Å²) in [6.45, 7) is 11.6. The van der Waals surface area contributed by atoms with Crippen molar-refractivity contribution in [3.05, 3.63) is 42.7 Å². The summed E-state index contributed by atoms with van der Waals surface area (Å²) in [7, 11) is 1.65. The van der Waals surface area contributed by atoms with Crippen LogP contribution in [-0.2, 0) is 0 Å². The van der Waals surface area contributed by atoms with Gasteiger partial charge in [0.05, 0.1) is 25.3 Å². The number of carbonyl (C=O) groups is 1. The first-order valence-electron chi connectivity index (χ1n) is 13.9. The Hall–Kier alpha value is -3.75. The Kier molecular flexibility index (Phi) is 9.68. The number of hydrogen-bond acceptors (Lipinski definition) is 7. The molecule has 1 aliphatic heterocycles. The van der Waals surface area contributed by atoms with E-state index in [1.54, 1.807) is 13.4 Å². The average Bonchev–Trinajstić information content (AvgIpc) is 2.92. The number of rotatable bonds is 11. The summed E-state index contributed by atoms with van der Waals surface area (Å²) in [5.41, 5.74) is 1.55.